The van der Waals surface area contributed by atoms with Crippen molar-refractivity contribution < 1.29 is 27.0 Å². The van der Waals surface area contributed by atoms with E-state index in [2.05, 4.69) is 6.92 Å². The highest BCUT2D eigenvalue weighted by Crippen LogP contribution is 2.33. The minimum Gasteiger partial charge on any atom is -0.483 e. The van der Waals surface area contributed by atoms with Gasteiger partial charge in [-0.3, -0.25) is 0 Å². The molecule has 3 aromatic carbocycles. The molecule has 168 valence electrons. The van der Waals surface area contributed by atoms with Crippen LogP contribution in [0.1, 0.15) is 42.6 Å². The largest absolute Gasteiger partial charge is 0.483 e. The van der Waals surface area contributed by atoms with Gasteiger partial charge in [0.25, 0.3) is 0 Å². The molecule has 0 spiro atoms. The van der Waals surface area contributed by atoms with Gasteiger partial charge in [-0.1, -0.05) is 31.2 Å². The molecule has 1 heterocycles. The highest BCUT2D eigenvalue weighted by molar-refractivity contribution is 5.65. The van der Waals surface area contributed by atoms with Crippen molar-refractivity contribution in [2.45, 2.75) is 39.4 Å². The van der Waals surface area contributed by atoms with E-state index in [4.69, 9.17) is 9.47 Å². The van der Waals surface area contributed by atoms with Crippen LogP contribution < -0.4 is 4.74 Å². The summed E-state index contributed by atoms with van der Waals surface area (Å²) in [5.74, 6) is -3.72. The molecular formula is C26H24F4O2. The molecule has 1 aliphatic rings. The van der Waals surface area contributed by atoms with Crippen LogP contribution in [0.4, 0.5) is 17.6 Å². The van der Waals surface area contributed by atoms with Crippen LogP contribution in [0.5, 0.6) is 5.75 Å². The average Bonchev–Trinajstić information content (AvgIpc) is 2.77. The van der Waals surface area contributed by atoms with Crippen molar-refractivity contribution in [1.82, 2.24) is 0 Å². The van der Waals surface area contributed by atoms with Crippen molar-refractivity contribution in [3.05, 3.63) is 88.5 Å². The predicted molar refractivity (Wildman–Crippen MR) is 114 cm³/mol. The first-order valence-corrected chi connectivity index (χ1v) is 10.6. The molecule has 1 saturated heterocycles. The lowest BCUT2D eigenvalue weighted by molar-refractivity contribution is -0.0123. The SMILES string of the molecule is Cc1cc(COc2c(F)cc(-c3ccc(C4CCC(C)CO4)cc3)cc2F)cc(F)c1F. The van der Waals surface area contributed by atoms with Gasteiger partial charge >= 0.3 is 0 Å². The maximum absolute atomic E-state index is 14.6. The zero-order valence-electron chi connectivity index (χ0n) is 17.9. The second kappa shape index (κ2) is 9.33. The van der Waals surface area contributed by atoms with Crippen molar-refractivity contribution >= 4 is 0 Å². The molecule has 32 heavy (non-hydrogen) atoms. The van der Waals surface area contributed by atoms with Crippen LogP contribution in [0.2, 0.25) is 0 Å². The fraction of sp³-hybridized carbons (Fsp3) is 0.308. The Hall–Kier alpha value is -2.86. The van der Waals surface area contributed by atoms with Gasteiger partial charge in [0.05, 0.1) is 6.10 Å². The van der Waals surface area contributed by atoms with Gasteiger partial charge in [0.15, 0.2) is 29.0 Å². The highest BCUT2D eigenvalue weighted by atomic mass is 19.2. The van der Waals surface area contributed by atoms with E-state index in [1.165, 1.54) is 25.1 Å². The Labute approximate surface area is 184 Å². The predicted octanol–water partition coefficient (Wildman–Crippen LogP) is 7.29. The monoisotopic (exact) mass is 444 g/mol. The van der Waals surface area contributed by atoms with E-state index < -0.39 is 29.0 Å². The fourth-order valence-electron chi connectivity index (χ4n) is 3.94. The molecule has 2 nitrogen and oxygen atoms in total. The molecule has 4 rings (SSSR count). The van der Waals surface area contributed by atoms with Crippen molar-refractivity contribution in [3.8, 4) is 16.9 Å². The van der Waals surface area contributed by atoms with Gasteiger partial charge in [-0.25, -0.2) is 17.6 Å². The molecule has 0 N–H and O–H groups in total. The van der Waals surface area contributed by atoms with Crippen LogP contribution in [0.15, 0.2) is 48.5 Å². The standard InChI is InChI=1S/C26H24F4O2/c1-15-3-8-24(31-13-15)19-6-4-18(5-7-19)20-11-22(28)26(23(29)12-20)32-14-17-9-16(2)25(30)21(27)10-17/h4-7,9-12,15,24H,3,8,13-14H2,1-2H3. The lowest BCUT2D eigenvalue weighted by Crippen LogP contribution is -2.18. The summed E-state index contributed by atoms with van der Waals surface area (Å²) in [7, 11) is 0. The Bertz CT molecular complexity index is 1060. The van der Waals surface area contributed by atoms with E-state index >= 15 is 0 Å². The van der Waals surface area contributed by atoms with Crippen molar-refractivity contribution in [1.29, 1.82) is 0 Å². The van der Waals surface area contributed by atoms with Crippen molar-refractivity contribution in [3.63, 3.8) is 0 Å². The summed E-state index contributed by atoms with van der Waals surface area (Å²) in [6.07, 6.45) is 2.10. The summed E-state index contributed by atoms with van der Waals surface area (Å²) in [4.78, 5) is 0. The maximum atomic E-state index is 14.6. The third-order valence-corrected chi connectivity index (χ3v) is 5.77. The molecule has 3 aromatic rings. The molecule has 0 saturated carbocycles. The van der Waals surface area contributed by atoms with Crippen LogP contribution in [-0.2, 0) is 11.3 Å². The van der Waals surface area contributed by atoms with Gasteiger partial charge in [-0.05, 0) is 77.8 Å². The molecule has 2 atom stereocenters. The molecule has 0 aliphatic carbocycles. The van der Waals surface area contributed by atoms with Gasteiger partial charge in [-0.2, -0.15) is 0 Å². The van der Waals surface area contributed by atoms with E-state index in [0.717, 1.165) is 31.1 Å². The quantitative estimate of drug-likeness (QED) is 0.385. The van der Waals surface area contributed by atoms with Crippen LogP contribution in [-0.4, -0.2) is 6.61 Å². The number of ether oxygens (including phenoxy) is 2. The number of aryl methyl sites for hydroxylation is 1. The second-order valence-corrected chi connectivity index (χ2v) is 8.39. The smallest absolute Gasteiger partial charge is 0.191 e. The van der Waals surface area contributed by atoms with E-state index in [-0.39, 0.29) is 23.8 Å². The first-order valence-electron chi connectivity index (χ1n) is 10.6. The third kappa shape index (κ3) is 4.80. The number of halogens is 4. The van der Waals surface area contributed by atoms with E-state index in [1.807, 2.05) is 24.3 Å². The zero-order valence-corrected chi connectivity index (χ0v) is 17.9. The molecule has 2 unspecified atom stereocenters. The minimum absolute atomic E-state index is 0.0458. The summed E-state index contributed by atoms with van der Waals surface area (Å²) in [5.41, 5.74) is 2.46. The summed E-state index contributed by atoms with van der Waals surface area (Å²) >= 11 is 0. The lowest BCUT2D eigenvalue weighted by atomic mass is 9.94. The summed E-state index contributed by atoms with van der Waals surface area (Å²) in [5, 5.41) is 0. The molecule has 0 bridgehead atoms. The van der Waals surface area contributed by atoms with E-state index in [1.54, 1.807) is 0 Å². The number of hydrogen-bond donors (Lipinski definition) is 0. The molecule has 6 heteroatoms. The number of hydrogen-bond acceptors (Lipinski definition) is 2. The Kier molecular flexibility index (Phi) is 6.51. The van der Waals surface area contributed by atoms with Crippen LogP contribution in [0.3, 0.4) is 0 Å². The number of benzene rings is 3. The first kappa shape index (κ1) is 22.3. The van der Waals surface area contributed by atoms with E-state index in [9.17, 15) is 17.6 Å². The minimum atomic E-state index is -1.03. The third-order valence-electron chi connectivity index (χ3n) is 5.77. The van der Waals surface area contributed by atoms with Gasteiger partial charge in [0.2, 0.25) is 0 Å². The summed E-state index contributed by atoms with van der Waals surface area (Å²) in [6.45, 7) is 4.01. The highest BCUT2D eigenvalue weighted by Gasteiger charge is 2.20. The van der Waals surface area contributed by atoms with Gasteiger partial charge in [0.1, 0.15) is 6.61 Å². The molecular weight excluding hydrogens is 420 g/mol. The molecule has 0 aromatic heterocycles. The first-order chi connectivity index (χ1) is 15.3. The molecule has 0 radical (unpaired) electrons. The Balaban J connectivity index is 1.49. The van der Waals surface area contributed by atoms with Crippen LogP contribution in [0, 0.1) is 36.1 Å². The molecule has 0 amide bonds. The van der Waals surface area contributed by atoms with Gasteiger partial charge in [0, 0.05) is 6.61 Å². The topological polar surface area (TPSA) is 18.5 Å². The normalized spacial score (nSPS) is 18.6. The molecule has 1 fully saturated rings. The Morgan fingerprint density at radius 3 is 2.16 bits per heavy atom. The average molecular weight is 444 g/mol. The van der Waals surface area contributed by atoms with Gasteiger partial charge < -0.3 is 9.47 Å². The molecule has 1 aliphatic heterocycles. The number of rotatable bonds is 5. The van der Waals surface area contributed by atoms with Crippen molar-refractivity contribution in [2.75, 3.05) is 6.61 Å². The Morgan fingerprint density at radius 1 is 0.875 bits per heavy atom. The van der Waals surface area contributed by atoms with E-state index in [0.29, 0.717) is 17.0 Å². The fourth-order valence-corrected chi connectivity index (χ4v) is 3.94. The van der Waals surface area contributed by atoms with Crippen molar-refractivity contribution in [2.24, 2.45) is 5.92 Å². The maximum Gasteiger partial charge on any atom is 0.191 e. The van der Waals surface area contributed by atoms with Crippen LogP contribution in [0.25, 0.3) is 11.1 Å². The summed E-state index contributed by atoms with van der Waals surface area (Å²) < 4.78 is 67.3. The lowest BCUT2D eigenvalue weighted by Gasteiger charge is -2.27. The second-order valence-electron chi connectivity index (χ2n) is 8.39. The zero-order chi connectivity index (χ0) is 22.8. The van der Waals surface area contributed by atoms with Crippen LogP contribution >= 0.6 is 0 Å². The van der Waals surface area contributed by atoms with Gasteiger partial charge in [-0.15, -0.1) is 0 Å². The summed E-state index contributed by atoms with van der Waals surface area (Å²) in [6, 6.07) is 12.2. The Morgan fingerprint density at radius 2 is 1.56 bits per heavy atom.